The number of halogens is 1. The van der Waals surface area contributed by atoms with Crippen molar-refractivity contribution in [2.24, 2.45) is 4.99 Å². The van der Waals surface area contributed by atoms with Crippen LogP contribution in [-0.4, -0.2) is 64.8 Å². The summed E-state index contributed by atoms with van der Waals surface area (Å²) in [5.41, 5.74) is 2.11. The summed E-state index contributed by atoms with van der Waals surface area (Å²) < 4.78 is 1.86. The topological polar surface area (TPSA) is 48.7 Å². The average Bonchev–Trinajstić information content (AvgIpc) is 3.44. The lowest BCUT2D eigenvalue weighted by Crippen LogP contribution is -2.42. The van der Waals surface area contributed by atoms with Gasteiger partial charge in [0, 0.05) is 62.6 Å². The Morgan fingerprint density at radius 2 is 2.04 bits per heavy atom. The number of guanidine groups is 1. The Hall–Kier alpha value is -2.31. The van der Waals surface area contributed by atoms with Crippen LogP contribution in [0.15, 0.2) is 53.8 Å². The second-order valence-corrected chi connectivity index (χ2v) is 7.42. The van der Waals surface area contributed by atoms with Crippen molar-refractivity contribution in [2.45, 2.75) is 19.0 Å². The molecular formula is C20H25ClN6. The quantitative estimate of drug-likeness (QED) is 0.500. The van der Waals surface area contributed by atoms with Crippen LogP contribution in [0.5, 0.6) is 0 Å². The summed E-state index contributed by atoms with van der Waals surface area (Å²) >= 11 is 5.95. The third kappa shape index (κ3) is 4.17. The Morgan fingerprint density at radius 1 is 1.26 bits per heavy atom. The van der Waals surface area contributed by atoms with Gasteiger partial charge in [0.25, 0.3) is 0 Å². The summed E-state index contributed by atoms with van der Waals surface area (Å²) in [6.07, 6.45) is 9.63. The zero-order valence-corrected chi connectivity index (χ0v) is 16.3. The van der Waals surface area contributed by atoms with Crippen LogP contribution in [0.2, 0.25) is 5.02 Å². The van der Waals surface area contributed by atoms with Crippen molar-refractivity contribution in [1.29, 1.82) is 0 Å². The van der Waals surface area contributed by atoms with E-state index in [1.165, 1.54) is 6.42 Å². The van der Waals surface area contributed by atoms with E-state index >= 15 is 0 Å². The first-order chi connectivity index (χ1) is 13.2. The lowest BCUT2D eigenvalue weighted by molar-refractivity contribution is 0.259. The van der Waals surface area contributed by atoms with E-state index in [4.69, 9.17) is 11.6 Å². The second-order valence-electron chi connectivity index (χ2n) is 6.98. The molecule has 1 unspecified atom stereocenters. The molecule has 2 aliphatic rings. The first kappa shape index (κ1) is 18.1. The largest absolute Gasteiger partial charge is 0.352 e. The lowest BCUT2D eigenvalue weighted by Gasteiger charge is -2.25. The molecule has 1 saturated heterocycles. The highest BCUT2D eigenvalue weighted by molar-refractivity contribution is 6.30. The Bertz CT molecular complexity index is 817. The fourth-order valence-electron chi connectivity index (χ4n) is 3.72. The van der Waals surface area contributed by atoms with Gasteiger partial charge in [-0.2, -0.15) is 5.10 Å². The molecule has 7 heteroatoms. The Kier molecular flexibility index (Phi) is 5.45. The summed E-state index contributed by atoms with van der Waals surface area (Å²) in [4.78, 5) is 9.36. The summed E-state index contributed by atoms with van der Waals surface area (Å²) in [6, 6.07) is 8.29. The Labute approximate surface area is 165 Å². The van der Waals surface area contributed by atoms with E-state index in [1.807, 2.05) is 48.4 Å². The molecule has 4 rings (SSSR count). The zero-order chi connectivity index (χ0) is 18.6. The molecule has 1 aromatic heterocycles. The molecule has 142 valence electrons. The number of nitrogens with one attached hydrogen (secondary N) is 1. The minimum atomic E-state index is 0.617. The number of nitrogens with zero attached hydrogens (tertiary/aromatic N) is 5. The highest BCUT2D eigenvalue weighted by atomic mass is 35.5. The van der Waals surface area contributed by atoms with E-state index in [0.717, 1.165) is 48.4 Å². The average molecular weight is 385 g/mol. The van der Waals surface area contributed by atoms with Gasteiger partial charge in [-0.25, -0.2) is 4.68 Å². The van der Waals surface area contributed by atoms with Gasteiger partial charge in [0.2, 0.25) is 0 Å². The van der Waals surface area contributed by atoms with Crippen molar-refractivity contribution < 1.29 is 0 Å². The van der Waals surface area contributed by atoms with E-state index in [0.29, 0.717) is 12.6 Å². The molecular weight excluding hydrogens is 360 g/mol. The summed E-state index contributed by atoms with van der Waals surface area (Å²) in [5, 5.41) is 8.66. The van der Waals surface area contributed by atoms with Gasteiger partial charge in [-0.05, 0) is 30.7 Å². The number of likely N-dealkylation sites (tertiary alicyclic amines) is 1. The number of rotatable bonds is 4. The van der Waals surface area contributed by atoms with Gasteiger partial charge in [-0.15, -0.1) is 0 Å². The van der Waals surface area contributed by atoms with E-state index in [-0.39, 0.29) is 0 Å². The van der Waals surface area contributed by atoms with E-state index < -0.39 is 0 Å². The molecule has 1 atom stereocenters. The SMILES string of the molecule is CN=C(NCc1cnn(-c2ccc(Cl)cc2)c1)N1CCC(N2CC=CC2)C1. The maximum atomic E-state index is 5.95. The minimum Gasteiger partial charge on any atom is -0.352 e. The van der Waals surface area contributed by atoms with Gasteiger partial charge in [-0.3, -0.25) is 9.89 Å². The standard InChI is InChI=1S/C20H25ClN6/c1-22-20(26-11-8-19(15-26)25-9-2-3-10-25)23-12-16-13-24-27(14-16)18-6-4-17(21)5-7-18/h2-7,13-14,19H,8-12,15H2,1H3,(H,22,23). The van der Waals surface area contributed by atoms with Crippen LogP contribution < -0.4 is 5.32 Å². The van der Waals surface area contributed by atoms with E-state index in [1.54, 1.807) is 0 Å². The molecule has 3 heterocycles. The maximum Gasteiger partial charge on any atom is 0.193 e. The molecule has 2 aromatic rings. The van der Waals surface area contributed by atoms with Crippen LogP contribution in [0, 0.1) is 0 Å². The fraction of sp³-hybridized carbons (Fsp3) is 0.400. The van der Waals surface area contributed by atoms with Crippen LogP contribution in [0.4, 0.5) is 0 Å². The summed E-state index contributed by atoms with van der Waals surface area (Å²) in [5.74, 6) is 0.962. The van der Waals surface area contributed by atoms with Crippen LogP contribution in [-0.2, 0) is 6.54 Å². The molecule has 0 spiro atoms. The summed E-state index contributed by atoms with van der Waals surface area (Å²) in [7, 11) is 1.85. The van der Waals surface area contributed by atoms with Crippen LogP contribution in [0.1, 0.15) is 12.0 Å². The van der Waals surface area contributed by atoms with Gasteiger partial charge in [0.15, 0.2) is 5.96 Å². The van der Waals surface area contributed by atoms with Crippen molar-refractivity contribution in [2.75, 3.05) is 33.2 Å². The van der Waals surface area contributed by atoms with E-state index in [9.17, 15) is 0 Å². The third-order valence-corrected chi connectivity index (χ3v) is 5.47. The van der Waals surface area contributed by atoms with E-state index in [2.05, 4.69) is 37.4 Å². The Morgan fingerprint density at radius 3 is 2.78 bits per heavy atom. The molecule has 2 aliphatic heterocycles. The molecule has 6 nitrogen and oxygen atoms in total. The van der Waals surface area contributed by atoms with Crippen LogP contribution in [0.25, 0.3) is 5.69 Å². The van der Waals surface area contributed by atoms with Crippen molar-refractivity contribution in [3.63, 3.8) is 0 Å². The Balaban J connectivity index is 1.33. The molecule has 0 radical (unpaired) electrons. The van der Waals surface area contributed by atoms with Gasteiger partial charge < -0.3 is 10.2 Å². The molecule has 27 heavy (non-hydrogen) atoms. The van der Waals surface area contributed by atoms with Crippen molar-refractivity contribution in [1.82, 2.24) is 24.9 Å². The van der Waals surface area contributed by atoms with Gasteiger partial charge in [0.1, 0.15) is 0 Å². The minimum absolute atomic E-state index is 0.617. The number of aliphatic imine (C=N–C) groups is 1. The predicted octanol–water partition coefficient (Wildman–Crippen LogP) is 2.55. The predicted molar refractivity (Wildman–Crippen MR) is 109 cm³/mol. The highest BCUT2D eigenvalue weighted by Crippen LogP contribution is 2.18. The highest BCUT2D eigenvalue weighted by Gasteiger charge is 2.29. The molecule has 1 N–H and O–H groups in total. The first-order valence-corrected chi connectivity index (χ1v) is 9.75. The molecule has 1 fully saturated rings. The number of hydrogen-bond donors (Lipinski definition) is 1. The van der Waals surface area contributed by atoms with Gasteiger partial charge >= 0.3 is 0 Å². The van der Waals surface area contributed by atoms with Crippen LogP contribution >= 0.6 is 11.6 Å². The van der Waals surface area contributed by atoms with Crippen LogP contribution in [0.3, 0.4) is 0 Å². The second kappa shape index (κ2) is 8.15. The first-order valence-electron chi connectivity index (χ1n) is 9.37. The molecule has 0 saturated carbocycles. The van der Waals surface area contributed by atoms with Crippen molar-refractivity contribution >= 4 is 17.6 Å². The van der Waals surface area contributed by atoms with Crippen molar-refractivity contribution in [3.05, 3.63) is 59.4 Å². The molecule has 0 bridgehead atoms. The molecule has 0 amide bonds. The number of hydrogen-bond acceptors (Lipinski definition) is 3. The molecule has 1 aromatic carbocycles. The summed E-state index contributed by atoms with van der Waals surface area (Å²) in [6.45, 7) is 4.94. The zero-order valence-electron chi connectivity index (χ0n) is 15.6. The monoisotopic (exact) mass is 384 g/mol. The number of aromatic nitrogens is 2. The fourth-order valence-corrected chi connectivity index (χ4v) is 3.85. The normalized spacial score (nSPS) is 20.6. The van der Waals surface area contributed by atoms with Gasteiger partial charge in [0.05, 0.1) is 11.9 Å². The number of benzene rings is 1. The van der Waals surface area contributed by atoms with Crippen molar-refractivity contribution in [3.8, 4) is 5.69 Å². The molecule has 0 aliphatic carbocycles. The lowest BCUT2D eigenvalue weighted by atomic mass is 10.2. The smallest absolute Gasteiger partial charge is 0.193 e. The maximum absolute atomic E-state index is 5.95. The van der Waals surface area contributed by atoms with Gasteiger partial charge in [-0.1, -0.05) is 23.8 Å². The third-order valence-electron chi connectivity index (χ3n) is 5.22.